The Morgan fingerprint density at radius 3 is 2.12 bits per heavy atom. The molecule has 0 saturated heterocycles. The molecule has 0 heterocycles. The van der Waals surface area contributed by atoms with Crippen LogP contribution in [0.15, 0.2) is 24.3 Å². The molecule has 1 unspecified atom stereocenters. The van der Waals surface area contributed by atoms with E-state index in [2.05, 4.69) is 6.92 Å². The number of hydrogen-bond acceptors (Lipinski definition) is 4. The van der Waals surface area contributed by atoms with E-state index in [1.165, 1.54) is 31.0 Å². The number of amides is 1. The number of rotatable bonds is 14. The van der Waals surface area contributed by atoms with E-state index in [4.69, 9.17) is 4.74 Å². The van der Waals surface area contributed by atoms with Crippen molar-refractivity contribution in [3.05, 3.63) is 35.4 Å². The first kappa shape index (κ1) is 28.3. The van der Waals surface area contributed by atoms with E-state index in [9.17, 15) is 14.7 Å². The Hall–Kier alpha value is -1.69. The summed E-state index contributed by atoms with van der Waals surface area (Å²) in [4.78, 5) is 26.0. The van der Waals surface area contributed by atoms with Crippen molar-refractivity contribution >= 4 is 23.8 Å². The first-order valence-corrected chi connectivity index (χ1v) is 12.9. The molecule has 0 aromatic heterocycles. The lowest BCUT2D eigenvalue weighted by Crippen LogP contribution is -2.38. The van der Waals surface area contributed by atoms with Crippen LogP contribution in [0.2, 0.25) is 0 Å². The maximum Gasteiger partial charge on any atom is 0.410 e. The number of benzene rings is 1. The summed E-state index contributed by atoms with van der Waals surface area (Å²) in [6.07, 6.45) is 6.76. The first-order chi connectivity index (χ1) is 15.0. The average molecular weight is 466 g/mol. The summed E-state index contributed by atoms with van der Waals surface area (Å²) in [5, 5.41) is 9.30. The number of carbonyl (C=O) groups is 2. The van der Waals surface area contributed by atoms with E-state index in [1.54, 1.807) is 0 Å². The standard InChI is InChI=1S/C26H43NO4S/c1-7-8-9-10-11-17-27(25(30)31-26(4,5)6)18-16-21-12-14-22(15-13-21)19-23(24(28)29)32-20(2)3/h12-15,20,23H,7-11,16-19H2,1-6H3,(H,28,29). The summed E-state index contributed by atoms with van der Waals surface area (Å²) < 4.78 is 5.61. The maximum atomic E-state index is 12.7. The van der Waals surface area contributed by atoms with Crippen LogP contribution in [0.1, 0.15) is 84.8 Å². The maximum absolute atomic E-state index is 12.7. The van der Waals surface area contributed by atoms with Gasteiger partial charge in [0.2, 0.25) is 0 Å². The van der Waals surface area contributed by atoms with Gasteiger partial charge in [0, 0.05) is 13.1 Å². The van der Waals surface area contributed by atoms with E-state index in [0.717, 1.165) is 30.4 Å². The number of carboxylic acids is 1. The monoisotopic (exact) mass is 465 g/mol. The van der Waals surface area contributed by atoms with Gasteiger partial charge < -0.3 is 14.7 Å². The summed E-state index contributed by atoms with van der Waals surface area (Å²) in [7, 11) is 0. The minimum absolute atomic E-state index is 0.250. The van der Waals surface area contributed by atoms with E-state index in [-0.39, 0.29) is 11.3 Å². The molecule has 1 rings (SSSR count). The Morgan fingerprint density at radius 1 is 1.00 bits per heavy atom. The lowest BCUT2D eigenvalue weighted by atomic mass is 10.1. The first-order valence-electron chi connectivity index (χ1n) is 12.0. The minimum atomic E-state index is -0.764. The highest BCUT2D eigenvalue weighted by Crippen LogP contribution is 2.22. The molecule has 0 saturated carbocycles. The fourth-order valence-electron chi connectivity index (χ4n) is 3.37. The van der Waals surface area contributed by atoms with Gasteiger partial charge in [-0.1, -0.05) is 70.7 Å². The lowest BCUT2D eigenvalue weighted by Gasteiger charge is -2.27. The molecule has 0 aliphatic rings. The molecule has 0 aliphatic carbocycles. The molecule has 1 aromatic carbocycles. The van der Waals surface area contributed by atoms with Gasteiger partial charge in [0.25, 0.3) is 0 Å². The Kier molecular flexibility index (Phi) is 12.8. The quantitative estimate of drug-likeness (QED) is 0.315. The van der Waals surface area contributed by atoms with Crippen molar-refractivity contribution in [3.63, 3.8) is 0 Å². The molecule has 0 fully saturated rings. The fraction of sp³-hybridized carbons (Fsp3) is 0.692. The van der Waals surface area contributed by atoms with Gasteiger partial charge in [0.05, 0.1) is 0 Å². The molecular formula is C26H43NO4S. The summed E-state index contributed by atoms with van der Waals surface area (Å²) in [6.45, 7) is 13.2. The van der Waals surface area contributed by atoms with Crippen LogP contribution >= 0.6 is 11.8 Å². The molecule has 1 amide bonds. The van der Waals surface area contributed by atoms with Crippen LogP contribution in [0.5, 0.6) is 0 Å². The van der Waals surface area contributed by atoms with Crippen molar-refractivity contribution in [3.8, 4) is 0 Å². The second-order valence-electron chi connectivity index (χ2n) is 9.66. The van der Waals surface area contributed by atoms with Crippen molar-refractivity contribution in [1.82, 2.24) is 4.90 Å². The molecule has 0 spiro atoms. The summed E-state index contributed by atoms with van der Waals surface area (Å²) in [5.74, 6) is -0.764. The van der Waals surface area contributed by atoms with Crippen molar-refractivity contribution in [2.24, 2.45) is 0 Å². The summed E-state index contributed by atoms with van der Waals surface area (Å²) >= 11 is 1.48. The molecule has 1 atom stereocenters. The molecule has 5 nitrogen and oxygen atoms in total. The van der Waals surface area contributed by atoms with Gasteiger partial charge in [-0.25, -0.2) is 4.79 Å². The van der Waals surface area contributed by atoms with Crippen LogP contribution in [0, 0.1) is 0 Å². The molecular weight excluding hydrogens is 422 g/mol. The highest BCUT2D eigenvalue weighted by molar-refractivity contribution is 8.01. The number of carbonyl (C=O) groups excluding carboxylic acids is 1. The van der Waals surface area contributed by atoms with Gasteiger partial charge in [-0.15, -0.1) is 11.8 Å². The van der Waals surface area contributed by atoms with Crippen LogP contribution in [-0.2, 0) is 22.4 Å². The zero-order valence-electron chi connectivity index (χ0n) is 20.9. The molecule has 32 heavy (non-hydrogen) atoms. The van der Waals surface area contributed by atoms with Gasteiger partial charge in [0.15, 0.2) is 0 Å². The molecule has 1 N–H and O–H groups in total. The second-order valence-corrected chi connectivity index (χ2v) is 11.4. The Morgan fingerprint density at radius 2 is 1.59 bits per heavy atom. The van der Waals surface area contributed by atoms with Gasteiger partial charge in [-0.2, -0.15) is 0 Å². The smallest absolute Gasteiger partial charge is 0.410 e. The molecule has 1 aromatic rings. The normalized spacial score (nSPS) is 12.6. The van der Waals surface area contributed by atoms with Gasteiger partial charge >= 0.3 is 12.1 Å². The minimum Gasteiger partial charge on any atom is -0.480 e. The highest BCUT2D eigenvalue weighted by atomic mass is 32.2. The third kappa shape index (κ3) is 12.4. The van der Waals surface area contributed by atoms with Gasteiger partial charge in [-0.05, 0) is 56.4 Å². The predicted molar refractivity (Wildman–Crippen MR) is 135 cm³/mol. The van der Waals surface area contributed by atoms with E-state index >= 15 is 0 Å². The van der Waals surface area contributed by atoms with E-state index in [0.29, 0.717) is 19.5 Å². The zero-order valence-corrected chi connectivity index (χ0v) is 21.7. The third-order valence-electron chi connectivity index (χ3n) is 5.01. The van der Waals surface area contributed by atoms with Crippen LogP contribution in [0.3, 0.4) is 0 Å². The van der Waals surface area contributed by atoms with E-state index in [1.807, 2.05) is 63.8 Å². The van der Waals surface area contributed by atoms with Crippen molar-refractivity contribution in [1.29, 1.82) is 0 Å². The number of aliphatic carboxylic acids is 1. The molecule has 6 heteroatoms. The number of hydrogen-bond donors (Lipinski definition) is 1. The molecule has 0 radical (unpaired) electrons. The Balaban J connectivity index is 2.68. The summed E-state index contributed by atoms with van der Waals surface area (Å²) in [5.41, 5.74) is 1.65. The lowest BCUT2D eigenvalue weighted by molar-refractivity contribution is -0.136. The largest absolute Gasteiger partial charge is 0.480 e. The van der Waals surface area contributed by atoms with Crippen LogP contribution < -0.4 is 0 Å². The van der Waals surface area contributed by atoms with Crippen molar-refractivity contribution in [2.75, 3.05) is 13.1 Å². The van der Waals surface area contributed by atoms with Crippen LogP contribution in [-0.4, -0.2) is 51.3 Å². The van der Waals surface area contributed by atoms with Crippen LogP contribution in [0.4, 0.5) is 4.79 Å². The highest BCUT2D eigenvalue weighted by Gasteiger charge is 2.22. The third-order valence-corrected chi connectivity index (χ3v) is 6.25. The number of unbranched alkanes of at least 4 members (excludes halogenated alkanes) is 4. The second kappa shape index (κ2) is 14.5. The number of thioether (sulfide) groups is 1. The molecule has 0 aliphatic heterocycles. The van der Waals surface area contributed by atoms with Gasteiger partial charge in [-0.3, -0.25) is 4.79 Å². The Bertz CT molecular complexity index is 682. The number of ether oxygens (including phenoxy) is 1. The molecule has 182 valence electrons. The predicted octanol–water partition coefficient (Wildman–Crippen LogP) is 6.57. The van der Waals surface area contributed by atoms with Crippen molar-refractivity contribution < 1.29 is 19.4 Å². The fourth-order valence-corrected chi connectivity index (χ4v) is 4.43. The zero-order chi connectivity index (χ0) is 24.1. The average Bonchev–Trinajstić information content (AvgIpc) is 2.68. The Labute approximate surface area is 199 Å². The number of carboxylic acid groups (broad SMARTS) is 1. The summed E-state index contributed by atoms with van der Waals surface area (Å²) in [6, 6.07) is 8.11. The SMILES string of the molecule is CCCCCCCN(CCc1ccc(CC(SC(C)C)C(=O)O)cc1)C(=O)OC(C)(C)C. The van der Waals surface area contributed by atoms with Crippen molar-refractivity contribution in [2.45, 2.75) is 103 Å². The van der Waals surface area contributed by atoms with Gasteiger partial charge in [0.1, 0.15) is 10.9 Å². The number of nitrogens with zero attached hydrogens (tertiary/aromatic N) is 1. The topological polar surface area (TPSA) is 66.8 Å². The van der Waals surface area contributed by atoms with Crippen LogP contribution in [0.25, 0.3) is 0 Å². The van der Waals surface area contributed by atoms with E-state index < -0.39 is 16.8 Å². The molecule has 0 bridgehead atoms.